The Kier molecular flexibility index (Phi) is 3.09. The summed E-state index contributed by atoms with van der Waals surface area (Å²) in [5, 5.41) is 0. The van der Waals surface area contributed by atoms with Crippen LogP contribution in [0.25, 0.3) is 0 Å². The first-order valence-corrected chi connectivity index (χ1v) is 6.14. The maximum Gasteiger partial charge on any atom is 0.0748 e. The lowest BCUT2D eigenvalue weighted by Gasteiger charge is -2.30. The van der Waals surface area contributed by atoms with Crippen molar-refractivity contribution in [3.63, 3.8) is 0 Å². The fourth-order valence-corrected chi connectivity index (χ4v) is 2.17. The summed E-state index contributed by atoms with van der Waals surface area (Å²) in [4.78, 5) is 0. The molecule has 1 fully saturated rings. The summed E-state index contributed by atoms with van der Waals surface area (Å²) >= 11 is 2.42. The smallest absolute Gasteiger partial charge is 0.0748 e. The molecule has 2 atom stereocenters. The van der Waals surface area contributed by atoms with E-state index in [4.69, 9.17) is 4.74 Å². The Morgan fingerprint density at radius 1 is 1.50 bits per heavy atom. The molecule has 1 heterocycles. The molecule has 0 spiro atoms. The second kappa shape index (κ2) is 3.45. The van der Waals surface area contributed by atoms with E-state index in [1.165, 1.54) is 12.8 Å². The fourth-order valence-electron chi connectivity index (χ4n) is 1.61. The van der Waals surface area contributed by atoms with Gasteiger partial charge in [-0.05, 0) is 25.2 Å². The van der Waals surface area contributed by atoms with Gasteiger partial charge in [0.25, 0.3) is 0 Å². The van der Waals surface area contributed by atoms with Crippen LogP contribution in [-0.4, -0.2) is 16.1 Å². The maximum atomic E-state index is 6.06. The first-order valence-electron chi connectivity index (χ1n) is 4.61. The van der Waals surface area contributed by atoms with Gasteiger partial charge >= 0.3 is 0 Å². The zero-order valence-corrected chi connectivity index (χ0v) is 10.6. The van der Waals surface area contributed by atoms with Gasteiger partial charge in [0.15, 0.2) is 0 Å². The molecule has 0 aliphatic carbocycles. The molecule has 0 amide bonds. The molecule has 0 aromatic carbocycles. The standard InChI is InChI=1S/C10H19IO/c1-9(2,3)8-5-6-10(4,7-11)12-8/h8H,5-7H2,1-4H3. The quantitative estimate of drug-likeness (QED) is 0.529. The summed E-state index contributed by atoms with van der Waals surface area (Å²) in [7, 11) is 0. The molecule has 0 aromatic rings. The molecule has 12 heavy (non-hydrogen) atoms. The Balaban J connectivity index is 2.57. The molecule has 1 saturated heterocycles. The molecule has 0 aromatic heterocycles. The summed E-state index contributed by atoms with van der Waals surface area (Å²) in [5.74, 6) is 0. The molecule has 0 radical (unpaired) electrons. The third-order valence-corrected chi connectivity index (χ3v) is 4.22. The number of alkyl halides is 1. The van der Waals surface area contributed by atoms with E-state index in [2.05, 4.69) is 50.3 Å². The molecule has 0 saturated carbocycles. The van der Waals surface area contributed by atoms with Gasteiger partial charge in [0.2, 0.25) is 0 Å². The molecule has 2 unspecified atom stereocenters. The third kappa shape index (κ3) is 2.34. The van der Waals surface area contributed by atoms with Gasteiger partial charge < -0.3 is 4.74 Å². The van der Waals surface area contributed by atoms with Gasteiger partial charge in [0.1, 0.15) is 0 Å². The van der Waals surface area contributed by atoms with Crippen LogP contribution in [0.1, 0.15) is 40.5 Å². The van der Waals surface area contributed by atoms with Crippen molar-refractivity contribution in [3.8, 4) is 0 Å². The Bertz CT molecular complexity index is 162. The molecule has 2 heteroatoms. The minimum Gasteiger partial charge on any atom is -0.371 e. The second-order valence-electron chi connectivity index (χ2n) is 5.09. The van der Waals surface area contributed by atoms with E-state index < -0.39 is 0 Å². The maximum absolute atomic E-state index is 6.06. The lowest BCUT2D eigenvalue weighted by molar-refractivity contribution is -0.0564. The number of ether oxygens (including phenoxy) is 1. The van der Waals surface area contributed by atoms with Gasteiger partial charge in [0, 0.05) is 4.43 Å². The number of rotatable bonds is 1. The minimum atomic E-state index is 0.151. The van der Waals surface area contributed by atoms with E-state index in [0.717, 1.165) is 4.43 Å². The molecule has 72 valence electrons. The van der Waals surface area contributed by atoms with Gasteiger partial charge in [-0.25, -0.2) is 0 Å². The average Bonchev–Trinajstić information content (AvgIpc) is 2.32. The number of hydrogen-bond acceptors (Lipinski definition) is 1. The van der Waals surface area contributed by atoms with Crippen molar-refractivity contribution in [1.82, 2.24) is 0 Å². The van der Waals surface area contributed by atoms with Crippen LogP contribution in [0.2, 0.25) is 0 Å². The highest BCUT2D eigenvalue weighted by Gasteiger charge is 2.40. The summed E-state index contributed by atoms with van der Waals surface area (Å²) in [6.45, 7) is 9.01. The van der Waals surface area contributed by atoms with Gasteiger partial charge in [0.05, 0.1) is 11.7 Å². The number of halogens is 1. The summed E-state index contributed by atoms with van der Waals surface area (Å²) < 4.78 is 7.16. The highest BCUT2D eigenvalue weighted by atomic mass is 127. The normalized spacial score (nSPS) is 37.2. The van der Waals surface area contributed by atoms with Crippen LogP contribution in [0.4, 0.5) is 0 Å². The SMILES string of the molecule is CC1(CI)CCC(C(C)(C)C)O1. The Hall–Kier alpha value is 0.690. The summed E-state index contributed by atoms with van der Waals surface area (Å²) in [6, 6.07) is 0. The average molecular weight is 282 g/mol. The van der Waals surface area contributed by atoms with Crippen LogP contribution in [0.3, 0.4) is 0 Å². The van der Waals surface area contributed by atoms with E-state index in [-0.39, 0.29) is 5.60 Å². The zero-order valence-electron chi connectivity index (χ0n) is 8.48. The van der Waals surface area contributed by atoms with E-state index in [9.17, 15) is 0 Å². The van der Waals surface area contributed by atoms with Crippen molar-refractivity contribution in [3.05, 3.63) is 0 Å². The van der Waals surface area contributed by atoms with E-state index >= 15 is 0 Å². The topological polar surface area (TPSA) is 9.23 Å². The van der Waals surface area contributed by atoms with E-state index in [0.29, 0.717) is 11.5 Å². The Labute approximate surface area is 89.4 Å². The van der Waals surface area contributed by atoms with Gasteiger partial charge in [-0.2, -0.15) is 0 Å². The highest BCUT2D eigenvalue weighted by Crippen LogP contribution is 2.39. The van der Waals surface area contributed by atoms with Crippen LogP contribution >= 0.6 is 22.6 Å². The van der Waals surface area contributed by atoms with Crippen molar-refractivity contribution in [2.45, 2.75) is 52.2 Å². The predicted molar refractivity (Wildman–Crippen MR) is 60.9 cm³/mol. The molecule has 1 rings (SSSR count). The van der Waals surface area contributed by atoms with Crippen molar-refractivity contribution in [2.24, 2.45) is 5.41 Å². The van der Waals surface area contributed by atoms with Crippen LogP contribution in [0.15, 0.2) is 0 Å². The first kappa shape index (κ1) is 10.8. The van der Waals surface area contributed by atoms with Gasteiger partial charge in [-0.15, -0.1) is 0 Å². The Morgan fingerprint density at radius 2 is 2.08 bits per heavy atom. The molecular formula is C10H19IO. The van der Waals surface area contributed by atoms with Crippen LogP contribution in [-0.2, 0) is 4.74 Å². The van der Waals surface area contributed by atoms with Crippen molar-refractivity contribution < 1.29 is 4.74 Å². The second-order valence-corrected chi connectivity index (χ2v) is 5.86. The molecule has 1 nitrogen and oxygen atoms in total. The van der Waals surface area contributed by atoms with Crippen LogP contribution in [0.5, 0.6) is 0 Å². The lowest BCUT2D eigenvalue weighted by atomic mass is 9.87. The molecule has 1 aliphatic heterocycles. The predicted octanol–water partition coefficient (Wildman–Crippen LogP) is 3.41. The van der Waals surface area contributed by atoms with E-state index in [1.807, 2.05) is 0 Å². The van der Waals surface area contributed by atoms with Gasteiger partial charge in [-0.3, -0.25) is 0 Å². The zero-order chi connectivity index (χ0) is 9.41. The van der Waals surface area contributed by atoms with Crippen molar-refractivity contribution >= 4 is 22.6 Å². The third-order valence-electron chi connectivity index (χ3n) is 2.61. The monoisotopic (exact) mass is 282 g/mol. The fraction of sp³-hybridized carbons (Fsp3) is 1.00. The molecular weight excluding hydrogens is 263 g/mol. The lowest BCUT2D eigenvalue weighted by Crippen LogP contribution is -2.32. The van der Waals surface area contributed by atoms with Crippen molar-refractivity contribution in [2.75, 3.05) is 4.43 Å². The molecule has 0 bridgehead atoms. The first-order chi connectivity index (χ1) is 5.37. The minimum absolute atomic E-state index is 0.151. The van der Waals surface area contributed by atoms with E-state index in [1.54, 1.807) is 0 Å². The Morgan fingerprint density at radius 3 is 2.33 bits per heavy atom. The largest absolute Gasteiger partial charge is 0.371 e. The highest BCUT2D eigenvalue weighted by molar-refractivity contribution is 14.1. The summed E-state index contributed by atoms with van der Waals surface area (Å²) in [6.07, 6.45) is 2.90. The summed E-state index contributed by atoms with van der Waals surface area (Å²) in [5.41, 5.74) is 0.460. The van der Waals surface area contributed by atoms with Crippen LogP contribution in [0, 0.1) is 5.41 Å². The van der Waals surface area contributed by atoms with Crippen molar-refractivity contribution in [1.29, 1.82) is 0 Å². The number of hydrogen-bond donors (Lipinski definition) is 0. The molecule has 1 aliphatic rings. The molecule has 0 N–H and O–H groups in total. The van der Waals surface area contributed by atoms with Crippen LogP contribution < -0.4 is 0 Å². The van der Waals surface area contributed by atoms with Gasteiger partial charge in [-0.1, -0.05) is 43.4 Å².